The van der Waals surface area contributed by atoms with E-state index in [0.29, 0.717) is 12.5 Å². The zero-order valence-electron chi connectivity index (χ0n) is 4.76. The fraction of sp³-hybridized carbons (Fsp3) is 0.333. The minimum absolute atomic E-state index is 0.379. The van der Waals surface area contributed by atoms with Gasteiger partial charge in [-0.25, -0.2) is 0 Å². The van der Waals surface area contributed by atoms with Crippen molar-refractivity contribution in [2.75, 3.05) is 6.61 Å². The molecule has 0 aliphatic carbocycles. The Hall–Kier alpha value is -1.01. The van der Waals surface area contributed by atoms with Crippen molar-refractivity contribution in [2.24, 2.45) is 5.73 Å². The van der Waals surface area contributed by atoms with Gasteiger partial charge < -0.3 is 10.5 Å². The van der Waals surface area contributed by atoms with Gasteiger partial charge in [0.05, 0.1) is 6.61 Å². The Morgan fingerprint density at radius 3 is 2.78 bits per heavy atom. The van der Waals surface area contributed by atoms with Crippen molar-refractivity contribution in [1.82, 2.24) is 0 Å². The van der Waals surface area contributed by atoms with E-state index in [-0.39, 0.29) is 0 Å². The molecular formula is C6H6NO2. The van der Waals surface area contributed by atoms with Crippen molar-refractivity contribution < 1.29 is 9.53 Å². The first-order valence-corrected chi connectivity index (χ1v) is 2.49. The van der Waals surface area contributed by atoms with Gasteiger partial charge in [-0.2, -0.15) is 0 Å². The molecule has 1 radical (unpaired) electrons. The van der Waals surface area contributed by atoms with Gasteiger partial charge in [-0.05, 0) is 0 Å². The highest BCUT2D eigenvalue weighted by atomic mass is 16.5. The third kappa shape index (κ3) is 0.889. The zero-order chi connectivity index (χ0) is 6.85. The molecule has 3 nitrogen and oxygen atoms in total. The highest BCUT2D eigenvalue weighted by molar-refractivity contribution is 5.83. The third-order valence-corrected chi connectivity index (χ3v) is 1.17. The lowest BCUT2D eigenvalue weighted by atomic mass is 9.99. The van der Waals surface area contributed by atoms with Crippen LogP contribution in [0, 0.1) is 18.3 Å². The molecule has 1 aliphatic heterocycles. The van der Waals surface area contributed by atoms with Gasteiger partial charge in [0, 0.05) is 0 Å². The molecule has 0 saturated carbocycles. The first kappa shape index (κ1) is 6.12. The average Bonchev–Trinajstić information content (AvgIpc) is 1.61. The maximum atomic E-state index is 10.3. The fourth-order valence-electron chi connectivity index (χ4n) is 0.621. The summed E-state index contributed by atoms with van der Waals surface area (Å²) in [5.41, 5.74) is 4.88. The Morgan fingerprint density at radius 1 is 2.00 bits per heavy atom. The molecule has 1 heterocycles. The summed E-state index contributed by atoms with van der Waals surface area (Å²) in [5, 5.41) is 0. The number of rotatable bonds is 1. The van der Waals surface area contributed by atoms with E-state index in [4.69, 9.17) is 16.9 Å². The van der Waals surface area contributed by atoms with E-state index in [1.807, 2.05) is 0 Å². The summed E-state index contributed by atoms with van der Waals surface area (Å²) in [5.74, 6) is 2.46. The quantitative estimate of drug-likeness (QED) is 0.459. The SMILES string of the molecule is C#C[C]1COC1C(N)=O. The molecule has 1 unspecified atom stereocenters. The molecule has 1 rings (SSSR count). The van der Waals surface area contributed by atoms with Gasteiger partial charge in [0.25, 0.3) is 0 Å². The second-order valence-electron chi connectivity index (χ2n) is 1.76. The van der Waals surface area contributed by atoms with E-state index in [1.165, 1.54) is 0 Å². The number of ether oxygens (including phenoxy) is 1. The second-order valence-corrected chi connectivity index (χ2v) is 1.76. The van der Waals surface area contributed by atoms with Crippen LogP contribution in [-0.4, -0.2) is 18.6 Å². The molecule has 1 atom stereocenters. The topological polar surface area (TPSA) is 52.3 Å². The van der Waals surface area contributed by atoms with Crippen LogP contribution in [0.5, 0.6) is 0 Å². The van der Waals surface area contributed by atoms with Crippen LogP contribution in [0.25, 0.3) is 0 Å². The van der Waals surface area contributed by atoms with E-state index >= 15 is 0 Å². The van der Waals surface area contributed by atoms with Gasteiger partial charge in [0.15, 0.2) is 6.10 Å². The molecule has 0 aromatic rings. The van der Waals surface area contributed by atoms with E-state index < -0.39 is 12.0 Å². The number of carbonyl (C=O) groups is 1. The van der Waals surface area contributed by atoms with Crippen LogP contribution in [0.2, 0.25) is 0 Å². The Balaban J connectivity index is 2.47. The summed E-state index contributed by atoms with van der Waals surface area (Å²) in [7, 11) is 0. The van der Waals surface area contributed by atoms with E-state index in [1.54, 1.807) is 0 Å². The van der Waals surface area contributed by atoms with Crippen molar-refractivity contribution >= 4 is 5.91 Å². The minimum Gasteiger partial charge on any atom is -0.367 e. The van der Waals surface area contributed by atoms with Crippen LogP contribution in [0.15, 0.2) is 0 Å². The van der Waals surface area contributed by atoms with Gasteiger partial charge in [-0.3, -0.25) is 4.79 Å². The van der Waals surface area contributed by atoms with E-state index in [0.717, 1.165) is 0 Å². The van der Waals surface area contributed by atoms with Crippen LogP contribution < -0.4 is 5.73 Å². The highest BCUT2D eigenvalue weighted by Gasteiger charge is 2.35. The van der Waals surface area contributed by atoms with Crippen molar-refractivity contribution in [2.45, 2.75) is 6.10 Å². The molecule has 3 heteroatoms. The summed E-state index contributed by atoms with van der Waals surface area (Å²) >= 11 is 0. The van der Waals surface area contributed by atoms with E-state index in [2.05, 4.69) is 5.92 Å². The molecule has 0 aromatic heterocycles. The van der Waals surface area contributed by atoms with Crippen molar-refractivity contribution in [3.63, 3.8) is 0 Å². The molecule has 1 aliphatic rings. The Bertz CT molecular complexity index is 170. The Labute approximate surface area is 53.2 Å². The van der Waals surface area contributed by atoms with Crippen LogP contribution in [0.3, 0.4) is 0 Å². The molecule has 0 aromatic carbocycles. The lowest BCUT2D eigenvalue weighted by molar-refractivity contribution is -0.135. The van der Waals surface area contributed by atoms with E-state index in [9.17, 15) is 4.79 Å². The first-order valence-electron chi connectivity index (χ1n) is 2.49. The number of hydrogen-bond acceptors (Lipinski definition) is 2. The smallest absolute Gasteiger partial charge is 0.248 e. The summed E-state index contributed by atoms with van der Waals surface area (Å²) in [6, 6.07) is 0. The number of terminal acetylenes is 1. The molecule has 0 bridgehead atoms. The largest absolute Gasteiger partial charge is 0.367 e. The highest BCUT2D eigenvalue weighted by Crippen LogP contribution is 2.20. The second kappa shape index (κ2) is 2.08. The first-order chi connectivity index (χ1) is 4.25. The summed E-state index contributed by atoms with van der Waals surface area (Å²) in [6.45, 7) is 0.379. The van der Waals surface area contributed by atoms with Gasteiger partial charge in [-0.1, -0.05) is 5.92 Å². The van der Waals surface area contributed by atoms with Gasteiger partial charge in [0.2, 0.25) is 5.91 Å². The molecule has 1 saturated heterocycles. The molecule has 9 heavy (non-hydrogen) atoms. The summed E-state index contributed by atoms with van der Waals surface area (Å²) in [4.78, 5) is 10.3. The van der Waals surface area contributed by atoms with Crippen molar-refractivity contribution in [3.05, 3.63) is 5.92 Å². The predicted molar refractivity (Wildman–Crippen MR) is 31.0 cm³/mol. The number of carbonyl (C=O) groups excluding carboxylic acids is 1. The molecular weight excluding hydrogens is 118 g/mol. The fourth-order valence-corrected chi connectivity index (χ4v) is 0.621. The monoisotopic (exact) mass is 124 g/mol. The Morgan fingerprint density at radius 2 is 2.67 bits per heavy atom. The van der Waals surface area contributed by atoms with Crippen molar-refractivity contribution in [3.8, 4) is 12.3 Å². The average molecular weight is 124 g/mol. The maximum absolute atomic E-state index is 10.3. The standard InChI is InChI=1S/C6H6NO2/c1-2-4-3-9-5(4)6(7)8/h1,5H,3H2,(H2,7,8). The molecule has 0 spiro atoms. The van der Waals surface area contributed by atoms with Gasteiger partial charge in [-0.15, -0.1) is 6.42 Å². The van der Waals surface area contributed by atoms with Crippen molar-refractivity contribution in [1.29, 1.82) is 0 Å². The molecule has 1 amide bonds. The normalized spacial score (nSPS) is 26.3. The summed E-state index contributed by atoms with van der Waals surface area (Å²) < 4.78 is 4.74. The number of primary amides is 1. The minimum atomic E-state index is -0.616. The third-order valence-electron chi connectivity index (χ3n) is 1.17. The van der Waals surface area contributed by atoms with Crippen LogP contribution in [-0.2, 0) is 9.53 Å². The maximum Gasteiger partial charge on any atom is 0.248 e. The molecule has 2 N–H and O–H groups in total. The lowest BCUT2D eigenvalue weighted by Crippen LogP contribution is -2.46. The van der Waals surface area contributed by atoms with Gasteiger partial charge in [0.1, 0.15) is 5.92 Å². The zero-order valence-corrected chi connectivity index (χ0v) is 4.76. The van der Waals surface area contributed by atoms with Crippen LogP contribution >= 0.6 is 0 Å². The summed E-state index contributed by atoms with van der Waals surface area (Å²) in [6.07, 6.45) is 4.37. The van der Waals surface area contributed by atoms with Crippen LogP contribution in [0.1, 0.15) is 0 Å². The number of hydrogen-bond donors (Lipinski definition) is 1. The lowest BCUT2D eigenvalue weighted by Gasteiger charge is -2.29. The van der Waals surface area contributed by atoms with Crippen LogP contribution in [0.4, 0.5) is 0 Å². The number of nitrogens with two attached hydrogens (primary N) is 1. The predicted octanol–water partition coefficient (Wildman–Crippen LogP) is -0.922. The molecule has 47 valence electrons. The Kier molecular flexibility index (Phi) is 1.41. The molecule has 1 fully saturated rings. The van der Waals surface area contributed by atoms with Gasteiger partial charge >= 0.3 is 0 Å². The number of amides is 1.